The van der Waals surface area contributed by atoms with Crippen LogP contribution < -0.4 is 4.74 Å². The van der Waals surface area contributed by atoms with Crippen LogP contribution in [0.15, 0.2) is 42.7 Å². The predicted octanol–water partition coefficient (Wildman–Crippen LogP) is 3.89. The van der Waals surface area contributed by atoms with Gasteiger partial charge >= 0.3 is 18.5 Å². The van der Waals surface area contributed by atoms with Crippen LogP contribution in [-0.4, -0.2) is 39.9 Å². The fourth-order valence-corrected chi connectivity index (χ4v) is 2.49. The number of carbonyl (C=O) groups is 1. The average Bonchev–Trinajstić information content (AvgIpc) is 3.05. The number of nitrogens with zero attached hydrogens (tertiary/aromatic N) is 3. The van der Waals surface area contributed by atoms with Gasteiger partial charge in [-0.05, 0) is 30.7 Å². The van der Waals surface area contributed by atoms with Crippen LogP contribution >= 0.6 is 0 Å². The molecule has 0 aliphatic carbocycles. The largest absolute Gasteiger partial charge is 0.461 e. The highest BCUT2D eigenvalue weighted by atomic mass is 19.3. The number of carbonyl (C=O) groups excluding carboxylic acids is 1. The summed E-state index contributed by atoms with van der Waals surface area (Å²) >= 11 is 0. The maximum Gasteiger partial charge on any atom is 0.461 e. The van der Waals surface area contributed by atoms with Gasteiger partial charge in [0.2, 0.25) is 0 Å². The maximum atomic E-state index is 12.9. The Labute approximate surface area is 156 Å². The quantitative estimate of drug-likeness (QED) is 0.447. The molecule has 2 heterocycles. The molecule has 148 valence electrons. The van der Waals surface area contributed by atoms with Crippen LogP contribution in [0.5, 0.6) is 5.75 Å². The molecule has 28 heavy (non-hydrogen) atoms. The summed E-state index contributed by atoms with van der Waals surface area (Å²) in [5, 5.41) is 4.85. The van der Waals surface area contributed by atoms with Gasteiger partial charge in [0.15, 0.2) is 5.69 Å². The Balaban J connectivity index is 1.78. The normalized spacial score (nSPS) is 11.8. The van der Waals surface area contributed by atoms with E-state index in [-0.39, 0.29) is 24.6 Å². The van der Waals surface area contributed by atoms with Gasteiger partial charge < -0.3 is 9.47 Å². The zero-order chi connectivity index (χ0) is 20.3. The third kappa shape index (κ3) is 4.21. The second-order valence-corrected chi connectivity index (χ2v) is 5.75. The van der Waals surface area contributed by atoms with Crippen molar-refractivity contribution in [1.82, 2.24) is 14.8 Å². The third-order valence-corrected chi connectivity index (χ3v) is 3.73. The summed E-state index contributed by atoms with van der Waals surface area (Å²) < 4.78 is 60.7. The highest BCUT2D eigenvalue weighted by Crippen LogP contribution is 2.27. The average molecular weight is 397 g/mol. The number of hydrogen-bond acceptors (Lipinski definition) is 5. The monoisotopic (exact) mass is 397 g/mol. The molecule has 0 spiro atoms. The van der Waals surface area contributed by atoms with Gasteiger partial charge in [-0.15, -0.1) is 0 Å². The second-order valence-electron chi connectivity index (χ2n) is 5.75. The molecule has 0 atom stereocenters. The van der Waals surface area contributed by atoms with Gasteiger partial charge in [-0.2, -0.15) is 22.7 Å². The zero-order valence-corrected chi connectivity index (χ0v) is 14.6. The lowest BCUT2D eigenvalue weighted by Gasteiger charge is -2.16. The van der Waals surface area contributed by atoms with Crippen molar-refractivity contribution in [2.45, 2.75) is 26.0 Å². The molecular weight excluding hydrogens is 382 g/mol. The van der Waals surface area contributed by atoms with Gasteiger partial charge in [-0.25, -0.2) is 9.78 Å². The van der Waals surface area contributed by atoms with Crippen molar-refractivity contribution in [1.29, 1.82) is 0 Å². The van der Waals surface area contributed by atoms with Crippen molar-refractivity contribution < 1.29 is 31.8 Å². The molecule has 0 bridgehead atoms. The smallest absolute Gasteiger partial charge is 0.461 e. The molecule has 0 saturated carbocycles. The van der Waals surface area contributed by atoms with Crippen molar-refractivity contribution >= 4 is 16.9 Å². The van der Waals surface area contributed by atoms with Crippen molar-refractivity contribution in [2.75, 3.05) is 6.61 Å². The molecule has 0 aliphatic heterocycles. The fourth-order valence-electron chi connectivity index (χ4n) is 2.49. The van der Waals surface area contributed by atoms with Crippen LogP contribution in [0.2, 0.25) is 0 Å². The maximum absolute atomic E-state index is 12.9. The predicted molar refractivity (Wildman–Crippen MR) is 90.6 cm³/mol. The van der Waals surface area contributed by atoms with E-state index in [1.165, 1.54) is 30.5 Å². The number of halogens is 4. The van der Waals surface area contributed by atoms with Gasteiger partial charge in [0.05, 0.1) is 24.1 Å². The Kier molecular flexibility index (Phi) is 5.48. The summed E-state index contributed by atoms with van der Waals surface area (Å²) in [6.07, 6.45) is -5.42. The molecule has 0 fully saturated rings. The summed E-state index contributed by atoms with van der Waals surface area (Å²) in [6.45, 7) is 2.15. The number of ether oxygens (including phenoxy) is 2. The first-order valence-electron chi connectivity index (χ1n) is 8.23. The van der Waals surface area contributed by atoms with Crippen LogP contribution in [0.1, 0.15) is 23.0 Å². The fraction of sp³-hybridized carbons (Fsp3) is 0.278. The van der Waals surface area contributed by atoms with Crippen LogP contribution in [0.25, 0.3) is 10.9 Å². The first-order valence-corrected chi connectivity index (χ1v) is 8.23. The molecule has 6 nitrogen and oxygen atoms in total. The van der Waals surface area contributed by atoms with Crippen LogP contribution in [0.3, 0.4) is 0 Å². The van der Waals surface area contributed by atoms with E-state index in [4.69, 9.17) is 4.74 Å². The van der Waals surface area contributed by atoms with E-state index in [1.807, 2.05) is 0 Å². The Morgan fingerprint density at radius 1 is 1.21 bits per heavy atom. The third-order valence-electron chi connectivity index (χ3n) is 3.73. The van der Waals surface area contributed by atoms with Gasteiger partial charge in [0.1, 0.15) is 5.75 Å². The second kappa shape index (κ2) is 7.83. The van der Waals surface area contributed by atoms with Crippen molar-refractivity contribution in [3.05, 3.63) is 54.0 Å². The number of hydrogen-bond donors (Lipinski definition) is 0. The number of aromatic nitrogens is 3. The minimum Gasteiger partial charge on any atom is -0.461 e. The van der Waals surface area contributed by atoms with E-state index in [9.17, 15) is 22.4 Å². The first-order chi connectivity index (χ1) is 13.3. The minimum absolute atomic E-state index is 0.142. The molecule has 0 N–H and O–H groups in total. The molecule has 3 rings (SSSR count). The van der Waals surface area contributed by atoms with E-state index in [1.54, 1.807) is 23.9 Å². The molecule has 0 radical (unpaired) electrons. The molecule has 0 amide bonds. The van der Waals surface area contributed by atoms with E-state index in [0.717, 1.165) is 0 Å². The molecule has 0 unspecified atom stereocenters. The highest BCUT2D eigenvalue weighted by Gasteiger charge is 2.43. The number of alkyl halides is 4. The molecule has 10 heteroatoms. The van der Waals surface area contributed by atoms with Gasteiger partial charge in [-0.1, -0.05) is 12.1 Å². The van der Waals surface area contributed by atoms with E-state index < -0.39 is 18.5 Å². The Bertz CT molecular complexity index is 974. The van der Waals surface area contributed by atoms with Gasteiger partial charge in [-0.3, -0.25) is 4.68 Å². The molecule has 0 aliphatic rings. The molecule has 0 saturated heterocycles. The number of benzene rings is 1. The van der Waals surface area contributed by atoms with Crippen molar-refractivity contribution in [3.63, 3.8) is 0 Å². The lowest BCUT2D eigenvalue weighted by atomic mass is 10.2. The summed E-state index contributed by atoms with van der Waals surface area (Å²) in [5.41, 5.74) is 1.34. The van der Waals surface area contributed by atoms with Crippen LogP contribution in [0.4, 0.5) is 17.6 Å². The zero-order valence-electron chi connectivity index (χ0n) is 14.6. The van der Waals surface area contributed by atoms with Crippen molar-refractivity contribution in [3.8, 4) is 5.75 Å². The van der Waals surface area contributed by atoms with Crippen LogP contribution in [0, 0.1) is 0 Å². The molecule has 3 aromatic rings. The van der Waals surface area contributed by atoms with E-state index in [2.05, 4.69) is 14.8 Å². The lowest BCUT2D eigenvalue weighted by molar-refractivity contribution is -0.253. The summed E-state index contributed by atoms with van der Waals surface area (Å²) in [7, 11) is 0. The topological polar surface area (TPSA) is 66.2 Å². The molecular formula is C18H15F4N3O3. The highest BCUT2D eigenvalue weighted by molar-refractivity contribution is 6.01. The number of esters is 1. The van der Waals surface area contributed by atoms with Crippen molar-refractivity contribution in [2.24, 2.45) is 0 Å². The Morgan fingerprint density at radius 2 is 1.93 bits per heavy atom. The van der Waals surface area contributed by atoms with Crippen LogP contribution in [-0.2, 0) is 11.3 Å². The Morgan fingerprint density at radius 3 is 2.57 bits per heavy atom. The number of pyridine rings is 1. The van der Waals surface area contributed by atoms with E-state index >= 15 is 0 Å². The first kappa shape index (κ1) is 19.6. The summed E-state index contributed by atoms with van der Waals surface area (Å²) in [5.74, 6) is -0.942. The molecule has 1 aromatic carbocycles. The van der Waals surface area contributed by atoms with Gasteiger partial charge in [0, 0.05) is 12.4 Å². The summed E-state index contributed by atoms with van der Waals surface area (Å²) in [6, 6.07) is 6.88. The van der Waals surface area contributed by atoms with Gasteiger partial charge in [0.25, 0.3) is 0 Å². The SMILES string of the molecule is CCOC(=O)c1nccc2nn(Cc3ccc(OC(F)(F)C(F)F)cc3)cc12. The lowest BCUT2D eigenvalue weighted by Crippen LogP contribution is -2.33. The minimum atomic E-state index is -4.56. The Hall–Kier alpha value is -3.17. The summed E-state index contributed by atoms with van der Waals surface area (Å²) in [4.78, 5) is 16.0. The molecule has 2 aromatic heterocycles. The number of fused-ring (bicyclic) bond motifs is 1. The standard InChI is InChI=1S/C18H15F4N3O3/c1-2-27-16(26)15-13-10-25(24-14(13)7-8-23-15)9-11-3-5-12(6-4-11)28-18(21,22)17(19)20/h3-8,10,17H,2,9H2,1H3. The van der Waals surface area contributed by atoms with E-state index in [0.29, 0.717) is 16.5 Å². The number of rotatable bonds is 7.